The number of esters is 1. The quantitative estimate of drug-likeness (QED) is 0.571. The predicted octanol–water partition coefficient (Wildman–Crippen LogP) is 1.89. The molecule has 0 fully saturated rings. The number of carbonyl (C=O) groups is 2. The van der Waals surface area contributed by atoms with Crippen LogP contribution in [0, 0.1) is 0 Å². The van der Waals surface area contributed by atoms with Crippen LogP contribution in [-0.4, -0.2) is 23.0 Å². The maximum absolute atomic E-state index is 11.5. The fraction of sp³-hybridized carbons (Fsp3) is 0.636. The molecule has 0 bridgehead atoms. The molecule has 1 aliphatic heterocycles. The third-order valence-electron chi connectivity index (χ3n) is 2.40. The lowest BCUT2D eigenvalue weighted by molar-refractivity contribution is -0.148. The zero-order valence-corrected chi connectivity index (χ0v) is 9.08. The van der Waals surface area contributed by atoms with Crippen molar-refractivity contribution < 1.29 is 19.4 Å². The Bertz CT molecular complexity index is 304. The van der Waals surface area contributed by atoms with E-state index in [0.29, 0.717) is 12.8 Å². The summed E-state index contributed by atoms with van der Waals surface area (Å²) in [5.74, 6) is -1.12. The maximum atomic E-state index is 11.5. The summed E-state index contributed by atoms with van der Waals surface area (Å²) in [6.07, 6.45) is 1.53. The van der Waals surface area contributed by atoms with Crippen LogP contribution in [0.3, 0.4) is 0 Å². The SMILES string of the molecule is CCCC(=O)C1=C(O)C[C@H](CC)OC1=O. The average molecular weight is 212 g/mol. The van der Waals surface area contributed by atoms with Gasteiger partial charge in [0.1, 0.15) is 17.4 Å². The third kappa shape index (κ3) is 2.58. The predicted molar refractivity (Wildman–Crippen MR) is 54.4 cm³/mol. The van der Waals surface area contributed by atoms with E-state index >= 15 is 0 Å². The van der Waals surface area contributed by atoms with E-state index in [9.17, 15) is 14.7 Å². The summed E-state index contributed by atoms with van der Waals surface area (Å²) in [5.41, 5.74) is -0.151. The highest BCUT2D eigenvalue weighted by Gasteiger charge is 2.31. The Morgan fingerprint density at radius 2 is 2.20 bits per heavy atom. The summed E-state index contributed by atoms with van der Waals surface area (Å²) in [5, 5.41) is 9.60. The first-order chi connectivity index (χ1) is 7.10. The Morgan fingerprint density at radius 3 is 2.67 bits per heavy atom. The molecule has 0 aliphatic carbocycles. The topological polar surface area (TPSA) is 63.6 Å². The molecule has 0 unspecified atom stereocenters. The Hall–Kier alpha value is -1.32. The summed E-state index contributed by atoms with van der Waals surface area (Å²) >= 11 is 0. The lowest BCUT2D eigenvalue weighted by atomic mass is 9.99. The van der Waals surface area contributed by atoms with Gasteiger partial charge in [0.2, 0.25) is 0 Å². The first-order valence-corrected chi connectivity index (χ1v) is 5.26. The van der Waals surface area contributed by atoms with Crippen LogP contribution in [0.5, 0.6) is 0 Å². The standard InChI is InChI=1S/C11H16O4/c1-3-5-8(12)10-9(13)6-7(4-2)15-11(10)14/h7,13H,3-6H2,1-2H3/t7-/m0/s1. The molecule has 0 aromatic rings. The van der Waals surface area contributed by atoms with Gasteiger partial charge >= 0.3 is 5.97 Å². The van der Waals surface area contributed by atoms with Crippen LogP contribution in [0.4, 0.5) is 0 Å². The minimum Gasteiger partial charge on any atom is -0.511 e. The van der Waals surface area contributed by atoms with E-state index in [4.69, 9.17) is 4.74 Å². The normalized spacial score (nSPS) is 21.5. The van der Waals surface area contributed by atoms with Crippen molar-refractivity contribution in [3.63, 3.8) is 0 Å². The number of ketones is 1. The Labute approximate surface area is 88.9 Å². The summed E-state index contributed by atoms with van der Waals surface area (Å²) in [7, 11) is 0. The number of ether oxygens (including phenoxy) is 1. The summed E-state index contributed by atoms with van der Waals surface area (Å²) in [6, 6.07) is 0. The highest BCUT2D eigenvalue weighted by Crippen LogP contribution is 2.23. The van der Waals surface area contributed by atoms with E-state index in [0.717, 1.165) is 0 Å². The minimum absolute atomic E-state index is 0.114. The van der Waals surface area contributed by atoms with E-state index in [-0.39, 0.29) is 36.1 Å². The molecule has 0 spiro atoms. The smallest absolute Gasteiger partial charge is 0.345 e. The van der Waals surface area contributed by atoms with Crippen molar-refractivity contribution in [3.05, 3.63) is 11.3 Å². The molecule has 0 aromatic carbocycles. The van der Waals surface area contributed by atoms with Crippen molar-refractivity contribution in [1.29, 1.82) is 0 Å². The molecule has 1 rings (SSSR count). The van der Waals surface area contributed by atoms with Crippen LogP contribution in [0.1, 0.15) is 39.5 Å². The molecular weight excluding hydrogens is 196 g/mol. The highest BCUT2D eigenvalue weighted by atomic mass is 16.5. The fourth-order valence-corrected chi connectivity index (χ4v) is 1.54. The molecule has 84 valence electrons. The zero-order chi connectivity index (χ0) is 11.4. The molecule has 0 radical (unpaired) electrons. The van der Waals surface area contributed by atoms with Crippen molar-refractivity contribution in [1.82, 2.24) is 0 Å². The molecule has 1 atom stereocenters. The Balaban J connectivity index is 2.86. The van der Waals surface area contributed by atoms with Gasteiger partial charge in [-0.25, -0.2) is 4.79 Å². The molecule has 4 nitrogen and oxygen atoms in total. The van der Waals surface area contributed by atoms with Crippen LogP contribution in [-0.2, 0) is 14.3 Å². The van der Waals surface area contributed by atoms with E-state index in [1.807, 2.05) is 13.8 Å². The number of rotatable bonds is 4. The van der Waals surface area contributed by atoms with Crippen molar-refractivity contribution in [2.75, 3.05) is 0 Å². The largest absolute Gasteiger partial charge is 0.511 e. The number of aliphatic hydroxyl groups excluding tert-OH is 1. The molecule has 0 saturated carbocycles. The van der Waals surface area contributed by atoms with Crippen LogP contribution in [0.2, 0.25) is 0 Å². The number of Topliss-reactive ketones (excluding diaryl/α,β-unsaturated/α-hetero) is 1. The number of aliphatic hydroxyl groups is 1. The number of hydrogen-bond donors (Lipinski definition) is 1. The number of hydrogen-bond acceptors (Lipinski definition) is 4. The Kier molecular flexibility index (Phi) is 3.88. The van der Waals surface area contributed by atoms with Crippen molar-refractivity contribution in [2.45, 2.75) is 45.6 Å². The van der Waals surface area contributed by atoms with Gasteiger partial charge < -0.3 is 9.84 Å². The number of carbonyl (C=O) groups excluding carboxylic acids is 2. The van der Waals surface area contributed by atoms with E-state index < -0.39 is 5.97 Å². The van der Waals surface area contributed by atoms with Gasteiger partial charge in [-0.05, 0) is 12.8 Å². The highest BCUT2D eigenvalue weighted by molar-refractivity contribution is 6.18. The van der Waals surface area contributed by atoms with Crippen molar-refractivity contribution in [3.8, 4) is 0 Å². The van der Waals surface area contributed by atoms with Gasteiger partial charge in [-0.15, -0.1) is 0 Å². The van der Waals surface area contributed by atoms with Crippen LogP contribution in [0.25, 0.3) is 0 Å². The van der Waals surface area contributed by atoms with E-state index in [1.54, 1.807) is 0 Å². The molecule has 0 saturated heterocycles. The van der Waals surface area contributed by atoms with Gasteiger partial charge in [0, 0.05) is 12.8 Å². The fourth-order valence-electron chi connectivity index (χ4n) is 1.54. The second kappa shape index (κ2) is 4.96. The van der Waals surface area contributed by atoms with Crippen LogP contribution >= 0.6 is 0 Å². The van der Waals surface area contributed by atoms with Crippen LogP contribution < -0.4 is 0 Å². The first kappa shape index (κ1) is 11.8. The zero-order valence-electron chi connectivity index (χ0n) is 9.08. The van der Waals surface area contributed by atoms with Gasteiger partial charge in [0.05, 0.1) is 0 Å². The molecular formula is C11H16O4. The average Bonchev–Trinajstić information content (AvgIpc) is 2.16. The van der Waals surface area contributed by atoms with Gasteiger partial charge in [0.25, 0.3) is 0 Å². The van der Waals surface area contributed by atoms with Crippen LogP contribution in [0.15, 0.2) is 11.3 Å². The van der Waals surface area contributed by atoms with Gasteiger partial charge in [-0.1, -0.05) is 13.8 Å². The van der Waals surface area contributed by atoms with E-state index in [2.05, 4.69) is 0 Å². The minimum atomic E-state index is -0.677. The molecule has 1 aliphatic rings. The van der Waals surface area contributed by atoms with Gasteiger partial charge in [0.15, 0.2) is 5.78 Å². The maximum Gasteiger partial charge on any atom is 0.345 e. The van der Waals surface area contributed by atoms with Gasteiger partial charge in [-0.3, -0.25) is 4.79 Å². The van der Waals surface area contributed by atoms with Crippen molar-refractivity contribution in [2.24, 2.45) is 0 Å². The monoisotopic (exact) mass is 212 g/mol. The summed E-state index contributed by atoms with van der Waals surface area (Å²) < 4.78 is 5.01. The summed E-state index contributed by atoms with van der Waals surface area (Å²) in [6.45, 7) is 3.71. The number of cyclic esters (lactones) is 1. The molecule has 4 heteroatoms. The molecule has 15 heavy (non-hydrogen) atoms. The van der Waals surface area contributed by atoms with Gasteiger partial charge in [-0.2, -0.15) is 0 Å². The third-order valence-corrected chi connectivity index (χ3v) is 2.40. The first-order valence-electron chi connectivity index (χ1n) is 5.26. The van der Waals surface area contributed by atoms with E-state index in [1.165, 1.54) is 0 Å². The van der Waals surface area contributed by atoms with Crippen molar-refractivity contribution >= 4 is 11.8 Å². The second-order valence-electron chi connectivity index (χ2n) is 3.63. The molecule has 1 heterocycles. The lowest BCUT2D eigenvalue weighted by Gasteiger charge is -2.22. The molecule has 1 N–H and O–H groups in total. The lowest BCUT2D eigenvalue weighted by Crippen LogP contribution is -2.29. The Morgan fingerprint density at radius 1 is 1.53 bits per heavy atom. The molecule has 0 amide bonds. The molecule has 0 aromatic heterocycles. The second-order valence-corrected chi connectivity index (χ2v) is 3.63. The summed E-state index contributed by atoms with van der Waals surface area (Å²) in [4.78, 5) is 22.9.